The Bertz CT molecular complexity index is 501. The van der Waals surface area contributed by atoms with Crippen molar-refractivity contribution in [1.29, 1.82) is 0 Å². The summed E-state index contributed by atoms with van der Waals surface area (Å²) in [6, 6.07) is 5.53. The molecule has 1 aromatic carbocycles. The van der Waals surface area contributed by atoms with Crippen LogP contribution in [0.25, 0.3) is 0 Å². The summed E-state index contributed by atoms with van der Waals surface area (Å²) in [7, 11) is 0. The topological polar surface area (TPSA) is 50.9 Å². The van der Waals surface area contributed by atoms with E-state index < -0.39 is 0 Å². The molecule has 2 unspecified atom stereocenters. The molecule has 0 saturated carbocycles. The summed E-state index contributed by atoms with van der Waals surface area (Å²) >= 11 is 0. The van der Waals surface area contributed by atoms with Crippen LogP contribution in [-0.4, -0.2) is 24.1 Å². The first-order chi connectivity index (χ1) is 8.63. The lowest BCUT2D eigenvalue weighted by Gasteiger charge is -2.15. The third-order valence-corrected chi connectivity index (χ3v) is 3.70. The van der Waals surface area contributed by atoms with Crippen LogP contribution in [0.4, 0.5) is 4.39 Å². The van der Waals surface area contributed by atoms with E-state index in [0.717, 1.165) is 24.8 Å². The molecule has 0 bridgehead atoms. The van der Waals surface area contributed by atoms with Crippen LogP contribution in [0.3, 0.4) is 0 Å². The molecule has 4 heteroatoms. The molecule has 3 rings (SSSR count). The first kappa shape index (κ1) is 11.7. The molecule has 3 atom stereocenters. The molecule has 1 aromatic rings. The number of halogens is 1. The molecule has 96 valence electrons. The van der Waals surface area contributed by atoms with Crippen molar-refractivity contribution in [2.24, 2.45) is 10.7 Å². The number of aryl methyl sites for hydroxylation is 2. The Kier molecular flexibility index (Phi) is 2.82. The van der Waals surface area contributed by atoms with E-state index in [0.29, 0.717) is 17.5 Å². The van der Waals surface area contributed by atoms with Gasteiger partial charge in [0.1, 0.15) is 17.8 Å². The number of hydrogen-bond acceptors (Lipinski definition) is 3. The van der Waals surface area contributed by atoms with Crippen molar-refractivity contribution >= 4 is 5.84 Å². The molecule has 2 N–H and O–H groups in total. The number of epoxide rings is 1. The molecule has 2 heterocycles. The number of nitrogens with two attached hydrogens (primary N) is 1. The van der Waals surface area contributed by atoms with Crippen LogP contribution in [0.5, 0.6) is 0 Å². The van der Waals surface area contributed by atoms with Crippen LogP contribution < -0.4 is 5.73 Å². The van der Waals surface area contributed by atoms with E-state index in [2.05, 4.69) is 4.99 Å². The molecular weight excluding hydrogens is 231 g/mol. The third-order valence-electron chi connectivity index (χ3n) is 3.70. The maximum atomic E-state index is 13.1. The number of ether oxygens (including phenoxy) is 1. The second-order valence-electron chi connectivity index (χ2n) is 5.16. The van der Waals surface area contributed by atoms with Gasteiger partial charge in [-0.25, -0.2) is 4.39 Å². The van der Waals surface area contributed by atoms with Crippen LogP contribution >= 0.6 is 0 Å². The van der Waals surface area contributed by atoms with E-state index in [9.17, 15) is 4.39 Å². The standard InChI is InChI=1S/C14H17FN2O/c1-8-6-9(3-5-11(8)15)2-4-10-7-12-13(18-12)14(16)17-10/h3,5-6,10,12-13H,2,4,7H2,1H3,(H2,16,17)/t10-,12?,13?/m0/s1. The number of amidine groups is 1. The largest absolute Gasteiger partial charge is 0.385 e. The summed E-state index contributed by atoms with van der Waals surface area (Å²) in [6.45, 7) is 1.79. The number of nitrogens with zero attached hydrogens (tertiary/aromatic N) is 1. The van der Waals surface area contributed by atoms with Gasteiger partial charge in [0.25, 0.3) is 0 Å². The summed E-state index contributed by atoms with van der Waals surface area (Å²) in [4.78, 5) is 4.46. The molecule has 0 aromatic heterocycles. The third kappa shape index (κ3) is 2.25. The first-order valence-corrected chi connectivity index (χ1v) is 6.37. The highest BCUT2D eigenvalue weighted by atomic mass is 19.1. The smallest absolute Gasteiger partial charge is 0.141 e. The van der Waals surface area contributed by atoms with Crippen molar-refractivity contribution in [2.75, 3.05) is 0 Å². The van der Waals surface area contributed by atoms with Crippen LogP contribution in [0, 0.1) is 12.7 Å². The lowest BCUT2D eigenvalue weighted by Crippen LogP contribution is -2.29. The molecule has 0 spiro atoms. The Labute approximate surface area is 106 Å². The average Bonchev–Trinajstić information content (AvgIpc) is 3.10. The van der Waals surface area contributed by atoms with Crippen molar-refractivity contribution in [1.82, 2.24) is 0 Å². The highest BCUT2D eigenvalue weighted by Crippen LogP contribution is 2.33. The van der Waals surface area contributed by atoms with Gasteiger partial charge in [0, 0.05) is 0 Å². The van der Waals surface area contributed by atoms with E-state index >= 15 is 0 Å². The van der Waals surface area contributed by atoms with E-state index in [1.54, 1.807) is 6.92 Å². The first-order valence-electron chi connectivity index (χ1n) is 6.37. The molecule has 18 heavy (non-hydrogen) atoms. The maximum absolute atomic E-state index is 13.1. The SMILES string of the molecule is Cc1cc(CC[C@H]2CC3OC3C(N)=N2)ccc1F. The Morgan fingerprint density at radius 1 is 1.50 bits per heavy atom. The van der Waals surface area contributed by atoms with Crippen molar-refractivity contribution in [2.45, 2.75) is 44.4 Å². The Hall–Kier alpha value is -1.42. The second-order valence-corrected chi connectivity index (χ2v) is 5.16. The number of rotatable bonds is 3. The van der Waals surface area contributed by atoms with Crippen molar-refractivity contribution in [3.63, 3.8) is 0 Å². The van der Waals surface area contributed by atoms with Crippen LogP contribution in [0.2, 0.25) is 0 Å². The van der Waals surface area contributed by atoms with Gasteiger partial charge in [-0.15, -0.1) is 0 Å². The van der Waals surface area contributed by atoms with Gasteiger partial charge >= 0.3 is 0 Å². The highest BCUT2D eigenvalue weighted by Gasteiger charge is 2.46. The van der Waals surface area contributed by atoms with Gasteiger partial charge in [-0.1, -0.05) is 12.1 Å². The Morgan fingerprint density at radius 3 is 3.06 bits per heavy atom. The zero-order valence-electron chi connectivity index (χ0n) is 10.4. The summed E-state index contributed by atoms with van der Waals surface area (Å²) in [5.74, 6) is 0.499. The monoisotopic (exact) mass is 248 g/mol. The molecule has 1 fully saturated rings. The van der Waals surface area contributed by atoms with Crippen LogP contribution in [-0.2, 0) is 11.2 Å². The van der Waals surface area contributed by atoms with Gasteiger partial charge in [0.2, 0.25) is 0 Å². The average molecular weight is 248 g/mol. The lowest BCUT2D eigenvalue weighted by molar-refractivity contribution is 0.374. The summed E-state index contributed by atoms with van der Waals surface area (Å²) in [6.07, 6.45) is 3.20. The fourth-order valence-corrected chi connectivity index (χ4v) is 2.57. The van der Waals surface area contributed by atoms with Gasteiger partial charge in [-0.05, 0) is 43.4 Å². The number of fused-ring (bicyclic) bond motifs is 1. The molecule has 0 radical (unpaired) electrons. The van der Waals surface area contributed by atoms with Gasteiger partial charge in [-0.3, -0.25) is 4.99 Å². The molecule has 2 aliphatic heterocycles. The Morgan fingerprint density at radius 2 is 2.33 bits per heavy atom. The fraction of sp³-hybridized carbons (Fsp3) is 0.500. The quantitative estimate of drug-likeness (QED) is 0.831. The minimum atomic E-state index is -0.145. The van der Waals surface area contributed by atoms with E-state index in [-0.39, 0.29) is 18.0 Å². The number of benzene rings is 1. The zero-order chi connectivity index (χ0) is 12.7. The molecule has 1 saturated heterocycles. The molecule has 0 amide bonds. The minimum absolute atomic E-state index is 0.0920. The number of aliphatic imine (C=N–C) groups is 1. The van der Waals surface area contributed by atoms with E-state index in [1.165, 1.54) is 6.07 Å². The van der Waals surface area contributed by atoms with Gasteiger partial charge in [-0.2, -0.15) is 0 Å². The molecular formula is C14H17FN2O. The number of hydrogen-bond donors (Lipinski definition) is 1. The molecule has 2 aliphatic rings. The predicted molar refractivity (Wildman–Crippen MR) is 68.1 cm³/mol. The summed E-state index contributed by atoms with van der Waals surface area (Å²) in [5, 5.41) is 0. The van der Waals surface area contributed by atoms with E-state index in [1.807, 2.05) is 12.1 Å². The zero-order valence-corrected chi connectivity index (χ0v) is 10.4. The fourth-order valence-electron chi connectivity index (χ4n) is 2.57. The maximum Gasteiger partial charge on any atom is 0.141 e. The second kappa shape index (κ2) is 4.35. The highest BCUT2D eigenvalue weighted by molar-refractivity contribution is 5.88. The Balaban J connectivity index is 1.61. The van der Waals surface area contributed by atoms with Crippen molar-refractivity contribution < 1.29 is 9.13 Å². The van der Waals surface area contributed by atoms with Gasteiger partial charge < -0.3 is 10.5 Å². The van der Waals surface area contributed by atoms with Gasteiger partial charge in [0.05, 0.1) is 12.1 Å². The summed E-state index contributed by atoms with van der Waals surface area (Å²) < 4.78 is 18.5. The van der Waals surface area contributed by atoms with Gasteiger partial charge in [0.15, 0.2) is 0 Å². The van der Waals surface area contributed by atoms with E-state index in [4.69, 9.17) is 10.5 Å². The predicted octanol–water partition coefficient (Wildman–Crippen LogP) is 1.96. The molecule has 0 aliphatic carbocycles. The molecule has 3 nitrogen and oxygen atoms in total. The van der Waals surface area contributed by atoms with Crippen molar-refractivity contribution in [3.05, 3.63) is 35.1 Å². The summed E-state index contributed by atoms with van der Waals surface area (Å²) in [5.41, 5.74) is 7.65. The van der Waals surface area contributed by atoms with Crippen molar-refractivity contribution in [3.8, 4) is 0 Å². The lowest BCUT2D eigenvalue weighted by atomic mass is 9.98. The minimum Gasteiger partial charge on any atom is -0.385 e. The van der Waals surface area contributed by atoms with Crippen LogP contribution in [0.15, 0.2) is 23.2 Å². The van der Waals surface area contributed by atoms with Crippen LogP contribution in [0.1, 0.15) is 24.0 Å². The normalized spacial score (nSPS) is 29.7.